The van der Waals surface area contributed by atoms with Crippen molar-refractivity contribution >= 4 is 50.7 Å². The molecule has 0 saturated heterocycles. The summed E-state index contributed by atoms with van der Waals surface area (Å²) in [4.78, 5) is 12.0. The minimum absolute atomic E-state index is 0.134. The second kappa shape index (κ2) is 5.90. The highest BCUT2D eigenvalue weighted by molar-refractivity contribution is 9.10. The monoisotopic (exact) mass is 361 g/mol. The van der Waals surface area contributed by atoms with Crippen molar-refractivity contribution in [3.05, 3.63) is 62.3 Å². The maximum absolute atomic E-state index is 12.9. The summed E-state index contributed by atoms with van der Waals surface area (Å²) in [6, 6.07) is 8.57. The van der Waals surface area contributed by atoms with Crippen LogP contribution in [0, 0.1) is 5.82 Å². The summed E-state index contributed by atoms with van der Waals surface area (Å²) in [6.45, 7) is 0. The standard InChI is InChI=1S/C13H7BrCl2FNO/c14-8-3-7(4-9(15)5-8)13(19)18-12-2-1-10(17)6-11(12)16/h1-6H,(H,18,19). The first-order chi connectivity index (χ1) is 8.95. The zero-order valence-electron chi connectivity index (χ0n) is 9.38. The van der Waals surface area contributed by atoms with Crippen LogP contribution in [0.2, 0.25) is 10.0 Å². The Labute approximate surface area is 127 Å². The number of amides is 1. The number of benzene rings is 2. The van der Waals surface area contributed by atoms with E-state index >= 15 is 0 Å². The molecule has 2 rings (SSSR count). The third-order valence-corrected chi connectivity index (χ3v) is 3.29. The van der Waals surface area contributed by atoms with Crippen LogP contribution in [-0.4, -0.2) is 5.91 Å². The van der Waals surface area contributed by atoms with Gasteiger partial charge in [0.15, 0.2) is 0 Å². The van der Waals surface area contributed by atoms with Crippen LogP contribution in [0.15, 0.2) is 40.9 Å². The van der Waals surface area contributed by atoms with Gasteiger partial charge < -0.3 is 5.32 Å². The van der Waals surface area contributed by atoms with Gasteiger partial charge in [0.2, 0.25) is 0 Å². The quantitative estimate of drug-likeness (QED) is 0.786. The molecule has 0 bridgehead atoms. The van der Waals surface area contributed by atoms with Gasteiger partial charge in [-0.3, -0.25) is 4.79 Å². The predicted octanol–water partition coefficient (Wildman–Crippen LogP) is 5.15. The molecule has 6 heteroatoms. The first-order valence-electron chi connectivity index (χ1n) is 5.18. The normalized spacial score (nSPS) is 10.3. The fourth-order valence-electron chi connectivity index (χ4n) is 1.47. The van der Waals surface area contributed by atoms with E-state index in [4.69, 9.17) is 23.2 Å². The highest BCUT2D eigenvalue weighted by Crippen LogP contribution is 2.24. The van der Waals surface area contributed by atoms with Crippen molar-refractivity contribution in [2.75, 3.05) is 5.32 Å². The van der Waals surface area contributed by atoms with Gasteiger partial charge in [-0.05, 0) is 36.4 Å². The summed E-state index contributed by atoms with van der Waals surface area (Å²) in [5, 5.41) is 3.16. The van der Waals surface area contributed by atoms with Crippen LogP contribution in [0.5, 0.6) is 0 Å². The number of nitrogens with one attached hydrogen (secondary N) is 1. The van der Waals surface area contributed by atoms with Crippen molar-refractivity contribution in [1.82, 2.24) is 0 Å². The molecule has 1 N–H and O–H groups in total. The van der Waals surface area contributed by atoms with E-state index in [1.807, 2.05) is 0 Å². The number of halogens is 4. The summed E-state index contributed by atoms with van der Waals surface area (Å²) < 4.78 is 13.6. The van der Waals surface area contributed by atoms with Crippen molar-refractivity contribution in [3.8, 4) is 0 Å². The predicted molar refractivity (Wildman–Crippen MR) is 78.5 cm³/mol. The van der Waals surface area contributed by atoms with Gasteiger partial charge in [0.25, 0.3) is 5.91 Å². The van der Waals surface area contributed by atoms with E-state index in [1.54, 1.807) is 12.1 Å². The van der Waals surface area contributed by atoms with Crippen LogP contribution >= 0.6 is 39.1 Å². The van der Waals surface area contributed by atoms with E-state index in [2.05, 4.69) is 21.2 Å². The molecular weight excluding hydrogens is 356 g/mol. The lowest BCUT2D eigenvalue weighted by Gasteiger charge is -2.08. The molecule has 0 spiro atoms. The summed E-state index contributed by atoms with van der Waals surface area (Å²) >= 11 is 14.9. The van der Waals surface area contributed by atoms with Crippen LogP contribution < -0.4 is 5.32 Å². The van der Waals surface area contributed by atoms with Crippen molar-refractivity contribution in [2.45, 2.75) is 0 Å². The van der Waals surface area contributed by atoms with Crippen LogP contribution in [0.1, 0.15) is 10.4 Å². The van der Waals surface area contributed by atoms with Crippen molar-refractivity contribution < 1.29 is 9.18 Å². The van der Waals surface area contributed by atoms with E-state index in [1.165, 1.54) is 18.2 Å². The third-order valence-electron chi connectivity index (χ3n) is 2.30. The first kappa shape index (κ1) is 14.3. The molecule has 0 fully saturated rings. The van der Waals surface area contributed by atoms with Gasteiger partial charge in [0, 0.05) is 15.1 Å². The van der Waals surface area contributed by atoms with Crippen LogP contribution in [0.4, 0.5) is 10.1 Å². The van der Waals surface area contributed by atoms with Gasteiger partial charge in [-0.1, -0.05) is 39.1 Å². The SMILES string of the molecule is O=C(Nc1ccc(F)cc1Cl)c1cc(Cl)cc(Br)c1. The third kappa shape index (κ3) is 3.69. The molecule has 98 valence electrons. The molecule has 0 heterocycles. The summed E-state index contributed by atoms with van der Waals surface area (Å²) in [7, 11) is 0. The molecule has 0 aliphatic heterocycles. The molecule has 2 aromatic carbocycles. The van der Waals surface area contributed by atoms with Gasteiger partial charge >= 0.3 is 0 Å². The largest absolute Gasteiger partial charge is 0.321 e. The Bertz CT molecular complexity index is 628. The maximum Gasteiger partial charge on any atom is 0.255 e. The lowest BCUT2D eigenvalue weighted by Crippen LogP contribution is -2.12. The molecule has 2 aromatic rings. The van der Waals surface area contributed by atoms with E-state index in [0.717, 1.165) is 6.07 Å². The highest BCUT2D eigenvalue weighted by Gasteiger charge is 2.10. The zero-order chi connectivity index (χ0) is 14.0. The number of hydrogen-bond donors (Lipinski definition) is 1. The number of carbonyl (C=O) groups is 1. The molecule has 0 aliphatic rings. The molecule has 0 aromatic heterocycles. The summed E-state index contributed by atoms with van der Waals surface area (Å²) in [5.41, 5.74) is 0.712. The second-order valence-corrected chi connectivity index (χ2v) is 5.50. The number of rotatable bonds is 2. The molecule has 19 heavy (non-hydrogen) atoms. The minimum Gasteiger partial charge on any atom is -0.321 e. The smallest absolute Gasteiger partial charge is 0.255 e. The molecule has 0 saturated carbocycles. The molecule has 2 nitrogen and oxygen atoms in total. The van der Waals surface area contributed by atoms with Crippen LogP contribution in [0.3, 0.4) is 0 Å². The van der Waals surface area contributed by atoms with Crippen molar-refractivity contribution in [1.29, 1.82) is 0 Å². The maximum atomic E-state index is 12.9. The Morgan fingerprint density at radius 3 is 2.53 bits per heavy atom. The summed E-state index contributed by atoms with van der Waals surface area (Å²) in [5.74, 6) is -0.842. The van der Waals surface area contributed by atoms with Crippen LogP contribution in [0.25, 0.3) is 0 Å². The lowest BCUT2D eigenvalue weighted by molar-refractivity contribution is 0.102. The molecule has 1 amide bonds. The van der Waals surface area contributed by atoms with Crippen molar-refractivity contribution in [2.24, 2.45) is 0 Å². The molecular formula is C13H7BrCl2FNO. The van der Waals surface area contributed by atoms with E-state index in [9.17, 15) is 9.18 Å². The van der Waals surface area contributed by atoms with E-state index in [-0.39, 0.29) is 10.9 Å². The van der Waals surface area contributed by atoms with E-state index in [0.29, 0.717) is 20.7 Å². The molecule has 0 aliphatic carbocycles. The summed E-state index contributed by atoms with van der Waals surface area (Å²) in [6.07, 6.45) is 0. The fourth-order valence-corrected chi connectivity index (χ4v) is 2.54. The first-order valence-corrected chi connectivity index (χ1v) is 6.73. The molecule has 0 radical (unpaired) electrons. The van der Waals surface area contributed by atoms with Gasteiger partial charge in [-0.2, -0.15) is 0 Å². The minimum atomic E-state index is -0.464. The second-order valence-electron chi connectivity index (χ2n) is 3.74. The number of carbonyl (C=O) groups excluding carboxylic acids is 1. The van der Waals surface area contributed by atoms with Gasteiger partial charge in [0.05, 0.1) is 10.7 Å². The number of anilines is 1. The topological polar surface area (TPSA) is 29.1 Å². The Kier molecular flexibility index (Phi) is 4.45. The zero-order valence-corrected chi connectivity index (χ0v) is 12.5. The Hall–Kier alpha value is -1.10. The number of hydrogen-bond acceptors (Lipinski definition) is 1. The molecule has 0 unspecified atom stereocenters. The fraction of sp³-hybridized carbons (Fsp3) is 0. The van der Waals surface area contributed by atoms with Gasteiger partial charge in [-0.15, -0.1) is 0 Å². The lowest BCUT2D eigenvalue weighted by atomic mass is 10.2. The van der Waals surface area contributed by atoms with E-state index < -0.39 is 5.82 Å². The molecule has 0 atom stereocenters. The van der Waals surface area contributed by atoms with Gasteiger partial charge in [0.1, 0.15) is 5.82 Å². The average molecular weight is 363 g/mol. The highest BCUT2D eigenvalue weighted by atomic mass is 79.9. The Morgan fingerprint density at radius 1 is 1.16 bits per heavy atom. The Morgan fingerprint density at radius 2 is 1.89 bits per heavy atom. The van der Waals surface area contributed by atoms with Crippen molar-refractivity contribution in [3.63, 3.8) is 0 Å². The average Bonchev–Trinajstić information content (AvgIpc) is 2.31. The van der Waals surface area contributed by atoms with Crippen LogP contribution in [-0.2, 0) is 0 Å². The van der Waals surface area contributed by atoms with Gasteiger partial charge in [-0.25, -0.2) is 4.39 Å². The Balaban J connectivity index is 2.25.